The molecule has 1 aliphatic rings. The van der Waals surface area contributed by atoms with E-state index in [4.69, 9.17) is 14.2 Å². The zero-order valence-electron chi connectivity index (χ0n) is 16.1. The molecule has 2 N–H and O–H groups in total. The third-order valence-corrected chi connectivity index (χ3v) is 4.17. The number of hydrogen-bond acceptors (Lipinski definition) is 7. The summed E-state index contributed by atoms with van der Waals surface area (Å²) < 4.78 is 15.8. The average Bonchev–Trinajstić information content (AvgIpc) is 3.20. The molecule has 0 saturated heterocycles. The van der Waals surface area contributed by atoms with Crippen molar-refractivity contribution in [3.8, 4) is 17.2 Å². The minimum atomic E-state index is -1.30. The van der Waals surface area contributed by atoms with Crippen molar-refractivity contribution in [3.05, 3.63) is 59.3 Å². The summed E-state index contributed by atoms with van der Waals surface area (Å²) in [5, 5.41) is 15.6. The molecule has 9 nitrogen and oxygen atoms in total. The molecule has 0 aliphatic carbocycles. The van der Waals surface area contributed by atoms with Gasteiger partial charge in [-0.25, -0.2) is 0 Å². The summed E-state index contributed by atoms with van der Waals surface area (Å²) >= 11 is 0. The van der Waals surface area contributed by atoms with E-state index in [2.05, 4.69) is 10.6 Å². The number of carboxylic acids is 1. The molecule has 2 aromatic carbocycles. The van der Waals surface area contributed by atoms with Crippen molar-refractivity contribution in [2.75, 3.05) is 20.4 Å². The van der Waals surface area contributed by atoms with E-state index in [1.807, 2.05) is 0 Å². The van der Waals surface area contributed by atoms with Gasteiger partial charge in [-0.15, -0.1) is 0 Å². The number of carbonyl (C=O) groups excluding carboxylic acids is 3. The van der Waals surface area contributed by atoms with E-state index in [1.54, 1.807) is 42.5 Å². The van der Waals surface area contributed by atoms with Crippen LogP contribution in [0.1, 0.15) is 22.3 Å². The molecule has 0 unspecified atom stereocenters. The molecule has 0 fully saturated rings. The number of rotatable bonds is 8. The smallest absolute Gasteiger partial charge is 0.267 e. The van der Waals surface area contributed by atoms with Gasteiger partial charge < -0.3 is 34.7 Å². The van der Waals surface area contributed by atoms with Gasteiger partial charge in [0.2, 0.25) is 6.79 Å². The lowest BCUT2D eigenvalue weighted by Crippen LogP contribution is -2.37. The van der Waals surface area contributed by atoms with E-state index in [0.717, 1.165) is 0 Å². The third-order valence-electron chi connectivity index (χ3n) is 4.17. The molecule has 0 aromatic heterocycles. The van der Waals surface area contributed by atoms with Gasteiger partial charge >= 0.3 is 0 Å². The lowest BCUT2D eigenvalue weighted by atomic mass is 10.1. The first kappa shape index (κ1) is 20.7. The van der Waals surface area contributed by atoms with Crippen molar-refractivity contribution in [2.24, 2.45) is 0 Å². The Bertz CT molecular complexity index is 1000. The predicted octanol–water partition coefficient (Wildman–Crippen LogP) is 0.451. The fraction of sp³-hybridized carbons (Fsp3) is 0.190. The van der Waals surface area contributed by atoms with E-state index in [0.29, 0.717) is 22.8 Å². The van der Waals surface area contributed by atoms with E-state index in [9.17, 15) is 19.5 Å². The van der Waals surface area contributed by atoms with Crippen molar-refractivity contribution in [3.63, 3.8) is 0 Å². The Hall–Kier alpha value is -4.01. The second-order valence-corrected chi connectivity index (χ2v) is 6.20. The highest BCUT2D eigenvalue weighted by Gasteiger charge is 2.18. The van der Waals surface area contributed by atoms with Crippen LogP contribution in [0.15, 0.2) is 48.2 Å². The number of carbonyl (C=O) groups is 3. The topological polar surface area (TPSA) is 126 Å². The van der Waals surface area contributed by atoms with Gasteiger partial charge in [-0.05, 0) is 35.9 Å². The zero-order chi connectivity index (χ0) is 21.5. The van der Waals surface area contributed by atoms with Crippen LogP contribution in [0.5, 0.6) is 17.2 Å². The molecule has 0 radical (unpaired) electrons. The number of amides is 2. The molecule has 0 bridgehead atoms. The molecule has 2 amide bonds. The molecule has 0 spiro atoms. The number of methoxy groups -OCH3 is 1. The Kier molecular flexibility index (Phi) is 6.53. The van der Waals surface area contributed by atoms with Crippen LogP contribution in [-0.4, -0.2) is 38.2 Å². The Balaban J connectivity index is 1.86. The second kappa shape index (κ2) is 9.46. The van der Waals surface area contributed by atoms with Gasteiger partial charge in [0.25, 0.3) is 11.8 Å². The number of ether oxygens (including phenoxy) is 3. The quantitative estimate of drug-likeness (QED) is 0.604. The normalized spacial score (nSPS) is 12.2. The molecular weight excluding hydrogens is 392 g/mol. The predicted molar refractivity (Wildman–Crippen MR) is 104 cm³/mol. The summed E-state index contributed by atoms with van der Waals surface area (Å²) in [6.07, 6.45) is 1.09. The fourth-order valence-corrected chi connectivity index (χ4v) is 2.72. The lowest BCUT2D eigenvalue weighted by Gasteiger charge is -2.13. The van der Waals surface area contributed by atoms with Crippen molar-refractivity contribution in [2.45, 2.75) is 6.42 Å². The van der Waals surface area contributed by atoms with Crippen LogP contribution >= 0.6 is 0 Å². The number of benzene rings is 2. The number of nitrogens with one attached hydrogen (secondary N) is 2. The first-order valence-corrected chi connectivity index (χ1v) is 9.01. The van der Waals surface area contributed by atoms with Crippen molar-refractivity contribution in [1.29, 1.82) is 0 Å². The molecule has 1 heterocycles. The molecule has 9 heteroatoms. The van der Waals surface area contributed by atoms with E-state index < -0.39 is 17.8 Å². The highest BCUT2D eigenvalue weighted by atomic mass is 16.7. The summed E-state index contributed by atoms with van der Waals surface area (Å²) in [7, 11) is 1.43. The molecule has 0 atom stereocenters. The highest BCUT2D eigenvalue weighted by Crippen LogP contribution is 2.33. The minimum Gasteiger partial charge on any atom is -0.550 e. The average molecular weight is 411 g/mol. The van der Waals surface area contributed by atoms with Gasteiger partial charge in [0, 0.05) is 18.9 Å². The third kappa shape index (κ3) is 5.07. The van der Waals surface area contributed by atoms with Crippen molar-refractivity contribution < 1.29 is 33.7 Å². The van der Waals surface area contributed by atoms with Gasteiger partial charge in [-0.3, -0.25) is 9.59 Å². The molecular formula is C21H19N2O7-. The van der Waals surface area contributed by atoms with Crippen LogP contribution in [0.25, 0.3) is 6.08 Å². The van der Waals surface area contributed by atoms with Crippen LogP contribution < -0.4 is 30.0 Å². The van der Waals surface area contributed by atoms with E-state index in [1.165, 1.54) is 13.2 Å². The zero-order valence-corrected chi connectivity index (χ0v) is 16.1. The van der Waals surface area contributed by atoms with Crippen LogP contribution in [-0.2, 0) is 9.59 Å². The van der Waals surface area contributed by atoms with Crippen LogP contribution in [0, 0.1) is 0 Å². The molecule has 30 heavy (non-hydrogen) atoms. The molecule has 0 saturated carbocycles. The van der Waals surface area contributed by atoms with Crippen LogP contribution in [0.2, 0.25) is 0 Å². The summed E-state index contributed by atoms with van der Waals surface area (Å²) in [4.78, 5) is 35.9. The largest absolute Gasteiger partial charge is 0.550 e. The van der Waals surface area contributed by atoms with E-state index in [-0.39, 0.29) is 31.0 Å². The van der Waals surface area contributed by atoms with Gasteiger partial charge in [0.1, 0.15) is 11.4 Å². The SMILES string of the molecule is COc1ccccc1C(=O)N/C(=C/c1ccc2c(c1)OCO2)C(=O)NCCC(=O)[O-]. The highest BCUT2D eigenvalue weighted by molar-refractivity contribution is 6.06. The van der Waals surface area contributed by atoms with Gasteiger partial charge in [-0.2, -0.15) is 0 Å². The monoisotopic (exact) mass is 411 g/mol. The van der Waals surface area contributed by atoms with Crippen LogP contribution in [0.4, 0.5) is 0 Å². The Morgan fingerprint density at radius 1 is 1.13 bits per heavy atom. The number of para-hydroxylation sites is 1. The van der Waals surface area contributed by atoms with Crippen molar-refractivity contribution in [1.82, 2.24) is 10.6 Å². The molecule has 2 aromatic rings. The van der Waals surface area contributed by atoms with Gasteiger partial charge in [0.05, 0.1) is 12.7 Å². The summed E-state index contributed by atoms with van der Waals surface area (Å²) in [6.45, 7) is -0.0478. The second-order valence-electron chi connectivity index (χ2n) is 6.20. The Morgan fingerprint density at radius 3 is 2.67 bits per heavy atom. The Morgan fingerprint density at radius 2 is 1.90 bits per heavy atom. The van der Waals surface area contributed by atoms with Crippen molar-refractivity contribution >= 4 is 23.9 Å². The molecule has 3 rings (SSSR count). The first-order valence-electron chi connectivity index (χ1n) is 9.01. The summed E-state index contributed by atoms with van der Waals surface area (Å²) in [6, 6.07) is 11.6. The number of fused-ring (bicyclic) bond motifs is 1. The summed E-state index contributed by atoms with van der Waals surface area (Å²) in [5.41, 5.74) is 0.729. The minimum absolute atomic E-state index is 0.0804. The van der Waals surface area contributed by atoms with Gasteiger partial charge in [-0.1, -0.05) is 18.2 Å². The number of carboxylic acid groups (broad SMARTS) is 1. The van der Waals surface area contributed by atoms with E-state index >= 15 is 0 Å². The lowest BCUT2D eigenvalue weighted by molar-refractivity contribution is -0.305. The number of aliphatic carboxylic acids is 1. The molecule has 1 aliphatic heterocycles. The maximum absolute atomic E-state index is 12.7. The van der Waals surface area contributed by atoms with Gasteiger partial charge in [0.15, 0.2) is 11.5 Å². The first-order chi connectivity index (χ1) is 14.5. The molecule has 156 valence electrons. The fourth-order valence-electron chi connectivity index (χ4n) is 2.72. The standard InChI is InChI=1S/C21H20N2O7/c1-28-16-5-3-2-4-14(16)20(26)23-15(21(27)22-9-8-19(24)25)10-13-6-7-17-18(11-13)30-12-29-17/h2-7,10-11H,8-9,12H2,1H3,(H,22,27)(H,23,26)(H,24,25)/p-1/b15-10+. The maximum Gasteiger partial charge on any atom is 0.267 e. The summed E-state index contributed by atoms with van der Waals surface area (Å²) in [5.74, 6) is -1.09. The van der Waals surface area contributed by atoms with Crippen LogP contribution in [0.3, 0.4) is 0 Å². The number of hydrogen-bond donors (Lipinski definition) is 2. The maximum atomic E-state index is 12.7. The Labute approximate surface area is 172 Å².